The predicted molar refractivity (Wildman–Crippen MR) is 107 cm³/mol. The molecule has 0 fully saturated rings. The second kappa shape index (κ2) is 9.30. The standard InChI is InChI=1S/C22H21NO4S/c24-22(27-18-20-12-6-2-7-13-20)17-23(16-19-10-4-1-5-11-19)28(25,26)21-14-8-3-9-15-21/h1-15H,16-18H2. The molecule has 0 atom stereocenters. The Kier molecular flexibility index (Phi) is 6.57. The van der Waals surface area contributed by atoms with Crippen molar-refractivity contribution in [3.63, 3.8) is 0 Å². The third kappa shape index (κ3) is 5.28. The van der Waals surface area contributed by atoms with Crippen LogP contribution in [0.2, 0.25) is 0 Å². The summed E-state index contributed by atoms with van der Waals surface area (Å²) in [5, 5.41) is 0. The summed E-state index contributed by atoms with van der Waals surface area (Å²) in [6, 6.07) is 26.5. The van der Waals surface area contributed by atoms with Gasteiger partial charge in [-0.3, -0.25) is 4.79 Å². The summed E-state index contributed by atoms with van der Waals surface area (Å²) in [6.07, 6.45) is 0. The summed E-state index contributed by atoms with van der Waals surface area (Å²) in [5.41, 5.74) is 1.63. The zero-order chi connectivity index (χ0) is 19.8. The highest BCUT2D eigenvalue weighted by molar-refractivity contribution is 7.89. The molecule has 0 radical (unpaired) electrons. The summed E-state index contributed by atoms with van der Waals surface area (Å²) in [5.74, 6) is -0.598. The maximum absolute atomic E-state index is 13.1. The number of hydrogen-bond acceptors (Lipinski definition) is 4. The average Bonchev–Trinajstić information content (AvgIpc) is 2.74. The minimum Gasteiger partial charge on any atom is -0.460 e. The lowest BCUT2D eigenvalue weighted by atomic mass is 10.2. The molecule has 0 amide bonds. The molecule has 3 aromatic carbocycles. The van der Waals surface area contributed by atoms with Crippen LogP contribution in [0.15, 0.2) is 95.9 Å². The lowest BCUT2D eigenvalue weighted by Crippen LogP contribution is -2.36. The number of rotatable bonds is 8. The van der Waals surface area contributed by atoms with Crippen LogP contribution < -0.4 is 0 Å². The first-order chi connectivity index (χ1) is 13.6. The molecule has 0 aliphatic carbocycles. The Morgan fingerprint density at radius 1 is 0.750 bits per heavy atom. The van der Waals surface area contributed by atoms with E-state index in [0.717, 1.165) is 15.4 Å². The molecule has 0 heterocycles. The Labute approximate surface area is 165 Å². The van der Waals surface area contributed by atoms with Gasteiger partial charge in [0.1, 0.15) is 13.2 Å². The van der Waals surface area contributed by atoms with E-state index in [9.17, 15) is 13.2 Å². The summed E-state index contributed by atoms with van der Waals surface area (Å²) in [7, 11) is -3.84. The number of carbonyl (C=O) groups is 1. The van der Waals surface area contributed by atoms with Gasteiger partial charge in [-0.2, -0.15) is 4.31 Å². The van der Waals surface area contributed by atoms with Crippen molar-refractivity contribution in [1.29, 1.82) is 0 Å². The van der Waals surface area contributed by atoms with Crippen molar-refractivity contribution in [2.45, 2.75) is 18.0 Å². The van der Waals surface area contributed by atoms with Crippen LogP contribution in [-0.4, -0.2) is 25.2 Å². The zero-order valence-corrected chi connectivity index (χ0v) is 16.1. The number of carbonyl (C=O) groups excluding carboxylic acids is 1. The SMILES string of the molecule is O=C(CN(Cc1ccccc1)S(=O)(=O)c1ccccc1)OCc1ccccc1. The van der Waals surface area contributed by atoms with E-state index >= 15 is 0 Å². The van der Waals surface area contributed by atoms with Gasteiger partial charge in [0.15, 0.2) is 0 Å². The molecule has 0 saturated heterocycles. The van der Waals surface area contributed by atoms with Gasteiger partial charge in [0, 0.05) is 6.54 Å². The number of benzene rings is 3. The molecule has 0 N–H and O–H groups in total. The van der Waals surface area contributed by atoms with Crippen LogP contribution in [0.1, 0.15) is 11.1 Å². The summed E-state index contributed by atoms with van der Waals surface area (Å²) >= 11 is 0. The van der Waals surface area contributed by atoms with Gasteiger partial charge in [-0.15, -0.1) is 0 Å². The van der Waals surface area contributed by atoms with Crippen molar-refractivity contribution in [3.8, 4) is 0 Å². The monoisotopic (exact) mass is 395 g/mol. The number of ether oxygens (including phenoxy) is 1. The van der Waals surface area contributed by atoms with Gasteiger partial charge in [0.05, 0.1) is 4.90 Å². The number of esters is 1. The van der Waals surface area contributed by atoms with Crippen molar-refractivity contribution >= 4 is 16.0 Å². The van der Waals surface area contributed by atoms with Gasteiger partial charge in [0.25, 0.3) is 0 Å². The van der Waals surface area contributed by atoms with Crippen LogP contribution in [0.3, 0.4) is 0 Å². The molecule has 3 aromatic rings. The lowest BCUT2D eigenvalue weighted by Gasteiger charge is -2.21. The number of nitrogens with zero attached hydrogens (tertiary/aromatic N) is 1. The van der Waals surface area contributed by atoms with Crippen molar-refractivity contribution in [3.05, 3.63) is 102 Å². The van der Waals surface area contributed by atoms with E-state index in [-0.39, 0.29) is 24.6 Å². The molecule has 0 unspecified atom stereocenters. The van der Waals surface area contributed by atoms with Crippen LogP contribution in [0.25, 0.3) is 0 Å². The molecule has 0 aliphatic heterocycles. The lowest BCUT2D eigenvalue weighted by molar-refractivity contribution is -0.145. The van der Waals surface area contributed by atoms with Crippen molar-refractivity contribution in [1.82, 2.24) is 4.31 Å². The van der Waals surface area contributed by atoms with Crippen LogP contribution in [0, 0.1) is 0 Å². The van der Waals surface area contributed by atoms with Crippen LogP contribution in [0.4, 0.5) is 0 Å². The van der Waals surface area contributed by atoms with E-state index in [2.05, 4.69) is 0 Å². The van der Waals surface area contributed by atoms with E-state index in [4.69, 9.17) is 4.74 Å². The summed E-state index contributed by atoms with van der Waals surface area (Å²) in [4.78, 5) is 12.5. The van der Waals surface area contributed by atoms with E-state index in [1.165, 1.54) is 12.1 Å². The molecule has 0 bridgehead atoms. The van der Waals surface area contributed by atoms with Crippen molar-refractivity contribution in [2.24, 2.45) is 0 Å². The second-order valence-electron chi connectivity index (χ2n) is 6.22. The highest BCUT2D eigenvalue weighted by Gasteiger charge is 2.27. The fourth-order valence-corrected chi connectivity index (χ4v) is 4.08. The van der Waals surface area contributed by atoms with Gasteiger partial charge >= 0.3 is 5.97 Å². The quantitative estimate of drug-likeness (QED) is 0.547. The summed E-state index contributed by atoms with van der Waals surface area (Å²) in [6.45, 7) is -0.179. The Hall–Kier alpha value is -2.96. The molecular weight excluding hydrogens is 374 g/mol. The maximum Gasteiger partial charge on any atom is 0.321 e. The van der Waals surface area contributed by atoms with Gasteiger partial charge in [0.2, 0.25) is 10.0 Å². The largest absolute Gasteiger partial charge is 0.460 e. The van der Waals surface area contributed by atoms with Gasteiger partial charge in [-0.25, -0.2) is 8.42 Å². The normalized spacial score (nSPS) is 11.3. The Morgan fingerprint density at radius 2 is 1.25 bits per heavy atom. The molecule has 28 heavy (non-hydrogen) atoms. The van der Waals surface area contributed by atoms with E-state index < -0.39 is 16.0 Å². The molecule has 6 heteroatoms. The fourth-order valence-electron chi connectivity index (χ4n) is 2.68. The third-order valence-corrected chi connectivity index (χ3v) is 5.94. The van der Waals surface area contributed by atoms with Crippen molar-refractivity contribution < 1.29 is 17.9 Å². The van der Waals surface area contributed by atoms with Gasteiger partial charge in [-0.05, 0) is 23.3 Å². The van der Waals surface area contributed by atoms with E-state index in [0.29, 0.717) is 0 Å². The van der Waals surface area contributed by atoms with Crippen LogP contribution in [-0.2, 0) is 32.7 Å². The van der Waals surface area contributed by atoms with Crippen LogP contribution >= 0.6 is 0 Å². The number of sulfonamides is 1. The molecule has 0 aromatic heterocycles. The molecule has 5 nitrogen and oxygen atoms in total. The number of hydrogen-bond donors (Lipinski definition) is 0. The Balaban J connectivity index is 1.77. The van der Waals surface area contributed by atoms with Gasteiger partial charge in [-0.1, -0.05) is 78.9 Å². The minimum atomic E-state index is -3.84. The smallest absolute Gasteiger partial charge is 0.321 e. The molecule has 144 valence electrons. The fraction of sp³-hybridized carbons (Fsp3) is 0.136. The molecule has 0 saturated carbocycles. The first-order valence-electron chi connectivity index (χ1n) is 8.84. The second-order valence-corrected chi connectivity index (χ2v) is 8.16. The molecule has 3 rings (SSSR count). The zero-order valence-electron chi connectivity index (χ0n) is 15.3. The predicted octanol–water partition coefficient (Wildman–Crippen LogP) is 3.62. The first-order valence-corrected chi connectivity index (χ1v) is 10.3. The maximum atomic E-state index is 13.1. The van der Waals surface area contributed by atoms with Gasteiger partial charge < -0.3 is 4.74 Å². The molecular formula is C22H21NO4S. The third-order valence-electron chi connectivity index (χ3n) is 4.13. The minimum absolute atomic E-state index is 0.0818. The molecule has 0 aliphatic rings. The van der Waals surface area contributed by atoms with Crippen molar-refractivity contribution in [2.75, 3.05) is 6.54 Å². The van der Waals surface area contributed by atoms with E-state index in [1.54, 1.807) is 18.2 Å². The summed E-state index contributed by atoms with van der Waals surface area (Å²) < 4.78 is 32.6. The Bertz CT molecular complexity index is 990. The highest BCUT2D eigenvalue weighted by atomic mass is 32.2. The molecule has 0 spiro atoms. The van der Waals surface area contributed by atoms with Crippen LogP contribution in [0.5, 0.6) is 0 Å². The topological polar surface area (TPSA) is 63.7 Å². The first kappa shape index (κ1) is 19.8. The van der Waals surface area contributed by atoms with E-state index in [1.807, 2.05) is 60.7 Å². The highest BCUT2D eigenvalue weighted by Crippen LogP contribution is 2.18. The Morgan fingerprint density at radius 3 is 1.82 bits per heavy atom. The average molecular weight is 395 g/mol.